The van der Waals surface area contributed by atoms with Crippen LogP contribution in [0.2, 0.25) is 0 Å². The molecule has 3 N–H and O–H groups in total. The van der Waals surface area contributed by atoms with Crippen LogP contribution in [0.1, 0.15) is 369 Å². The maximum absolute atomic E-state index is 13.1. The summed E-state index contributed by atoms with van der Waals surface area (Å²) in [7, 11) is -9.92. The van der Waals surface area contributed by atoms with E-state index in [-0.39, 0.29) is 25.7 Å². The number of allylic oxidation sites excluding steroid dienone is 4. The van der Waals surface area contributed by atoms with Crippen LogP contribution >= 0.6 is 15.6 Å². The molecule has 0 saturated carbocycles. The van der Waals surface area contributed by atoms with Crippen molar-refractivity contribution >= 4 is 39.5 Å². The summed E-state index contributed by atoms with van der Waals surface area (Å²) in [6.45, 7) is 7.26. The van der Waals surface area contributed by atoms with Crippen molar-refractivity contribution in [3.8, 4) is 0 Å². The largest absolute Gasteiger partial charge is 0.472 e. The van der Waals surface area contributed by atoms with Crippen molar-refractivity contribution < 1.29 is 80.2 Å². The van der Waals surface area contributed by atoms with Gasteiger partial charge in [0.05, 0.1) is 26.4 Å². The summed E-state index contributed by atoms with van der Waals surface area (Å²) in [6, 6.07) is 0. The van der Waals surface area contributed by atoms with Gasteiger partial charge in [-0.1, -0.05) is 316 Å². The van der Waals surface area contributed by atoms with Gasteiger partial charge in [0.2, 0.25) is 0 Å². The van der Waals surface area contributed by atoms with Crippen LogP contribution in [0.5, 0.6) is 0 Å². The molecule has 0 radical (unpaired) electrons. The highest BCUT2D eigenvalue weighted by atomic mass is 31.2. The van der Waals surface area contributed by atoms with Crippen molar-refractivity contribution in [2.24, 2.45) is 5.92 Å². The number of aliphatic hydroxyl groups is 1. The molecule has 17 nitrogen and oxygen atoms in total. The first-order chi connectivity index (χ1) is 45.6. The number of phosphoric acid groups is 2. The monoisotopic (exact) mass is 1380 g/mol. The van der Waals surface area contributed by atoms with E-state index in [0.717, 1.165) is 115 Å². The number of unbranched alkanes of at least 4 members (excludes halogenated alkanes) is 41. The Morgan fingerprint density at radius 3 is 0.904 bits per heavy atom. The fourth-order valence-corrected chi connectivity index (χ4v) is 12.5. The standard InChI is InChI=1S/C75H142O17P2/c1-6-10-13-16-19-22-25-26-27-31-35-39-44-49-54-59-73(78)86-65-71(92-75(80)61-56-51-46-41-36-32-29-28-30-34-37-42-47-52-57-68(5)9-4)67-90-94(83,84)88-63-69(76)62-87-93(81,82)89-66-70(64-85-72(77)58-53-48-43-38-24-21-18-15-12-8-3)91-74(79)60-55-50-45-40-33-23-20-17-14-11-7-2/h22,25-27,68-71,76H,6-21,23-24,28-67H2,1-5H3,(H,81,82)(H,83,84)/b25-22-,27-26-/t68?,69-,70+,71+/m0/s1. The fourth-order valence-electron chi connectivity index (χ4n) is 11.0. The van der Waals surface area contributed by atoms with Gasteiger partial charge in [-0.05, 0) is 57.3 Å². The van der Waals surface area contributed by atoms with E-state index in [9.17, 15) is 43.2 Å². The molecule has 0 aromatic carbocycles. The fraction of sp³-hybridized carbons (Fsp3) is 0.893. The molecular formula is C75H142O17P2. The van der Waals surface area contributed by atoms with Gasteiger partial charge < -0.3 is 33.8 Å². The van der Waals surface area contributed by atoms with Crippen molar-refractivity contribution in [2.75, 3.05) is 39.6 Å². The minimum atomic E-state index is -4.96. The highest BCUT2D eigenvalue weighted by molar-refractivity contribution is 7.47. The summed E-state index contributed by atoms with van der Waals surface area (Å²) in [5.74, 6) is -1.30. The molecular weight excluding hydrogens is 1230 g/mol. The molecule has 3 unspecified atom stereocenters. The lowest BCUT2D eigenvalue weighted by atomic mass is 9.99. The molecule has 0 aromatic rings. The molecule has 0 aliphatic carbocycles. The van der Waals surface area contributed by atoms with Gasteiger partial charge in [0.1, 0.15) is 19.3 Å². The number of aliphatic hydroxyl groups excluding tert-OH is 1. The molecule has 0 rings (SSSR count). The van der Waals surface area contributed by atoms with Crippen molar-refractivity contribution in [1.82, 2.24) is 0 Å². The SMILES string of the molecule is CCCCCC/C=C\C=C/CCCCCCCC(=O)OC[C@H](COP(=O)(O)OC[C@@H](O)COP(=O)(O)OC[C@@H](COC(=O)CCCCCCCCCCCC)OC(=O)CCCCCCCCCCCCC)OC(=O)CCCCCCCCCCCCCCCCC(C)CC. The molecule has 0 aliphatic heterocycles. The van der Waals surface area contributed by atoms with E-state index in [2.05, 4.69) is 58.9 Å². The Kier molecular flexibility index (Phi) is 65.9. The van der Waals surface area contributed by atoms with Crippen LogP contribution < -0.4 is 0 Å². The van der Waals surface area contributed by atoms with E-state index in [4.69, 9.17) is 37.0 Å². The third-order valence-corrected chi connectivity index (χ3v) is 19.2. The number of rotatable bonds is 73. The van der Waals surface area contributed by atoms with Crippen molar-refractivity contribution in [3.05, 3.63) is 24.3 Å². The van der Waals surface area contributed by atoms with Crippen LogP contribution in [0, 0.1) is 5.92 Å². The third kappa shape index (κ3) is 66.8. The number of ether oxygens (including phenoxy) is 4. The molecule has 0 bridgehead atoms. The molecule has 6 atom stereocenters. The first-order valence-electron chi connectivity index (χ1n) is 38.5. The Labute approximate surface area is 573 Å². The Morgan fingerprint density at radius 2 is 0.596 bits per heavy atom. The molecule has 0 heterocycles. The van der Waals surface area contributed by atoms with Gasteiger partial charge in [-0.2, -0.15) is 0 Å². The first kappa shape index (κ1) is 91.5. The average Bonchev–Trinajstić information content (AvgIpc) is 3.20. The van der Waals surface area contributed by atoms with Crippen molar-refractivity contribution in [3.63, 3.8) is 0 Å². The Bertz CT molecular complexity index is 1900. The second-order valence-electron chi connectivity index (χ2n) is 26.6. The lowest BCUT2D eigenvalue weighted by molar-refractivity contribution is -0.161. The molecule has 0 spiro atoms. The van der Waals surface area contributed by atoms with Gasteiger partial charge in [0, 0.05) is 25.7 Å². The number of hydrogen-bond donors (Lipinski definition) is 3. The number of phosphoric ester groups is 2. The zero-order valence-corrected chi connectivity index (χ0v) is 62.4. The van der Waals surface area contributed by atoms with Crippen LogP contribution in [-0.4, -0.2) is 96.7 Å². The van der Waals surface area contributed by atoms with Gasteiger partial charge in [-0.25, -0.2) is 9.13 Å². The quantitative estimate of drug-likeness (QED) is 0.0169. The summed E-state index contributed by atoms with van der Waals surface area (Å²) in [4.78, 5) is 72.7. The lowest BCUT2D eigenvalue weighted by Crippen LogP contribution is -2.30. The van der Waals surface area contributed by atoms with Crippen LogP contribution in [0.4, 0.5) is 0 Å². The maximum atomic E-state index is 13.1. The minimum Gasteiger partial charge on any atom is -0.462 e. The summed E-state index contributed by atoms with van der Waals surface area (Å²) in [6.07, 6.45) is 58.9. The summed E-state index contributed by atoms with van der Waals surface area (Å²) >= 11 is 0. The highest BCUT2D eigenvalue weighted by Gasteiger charge is 2.30. The molecule has 0 aromatic heterocycles. The zero-order valence-electron chi connectivity index (χ0n) is 60.6. The van der Waals surface area contributed by atoms with E-state index in [1.54, 1.807) is 0 Å². The Balaban J connectivity index is 5.27. The van der Waals surface area contributed by atoms with Crippen LogP contribution in [0.25, 0.3) is 0 Å². The predicted octanol–water partition coefficient (Wildman–Crippen LogP) is 21.6. The van der Waals surface area contributed by atoms with Gasteiger partial charge >= 0.3 is 39.5 Å². The zero-order chi connectivity index (χ0) is 69.1. The number of esters is 4. The Morgan fingerprint density at radius 1 is 0.340 bits per heavy atom. The first-order valence-corrected chi connectivity index (χ1v) is 41.5. The Hall–Kier alpha value is -2.46. The van der Waals surface area contributed by atoms with Crippen LogP contribution in [0.3, 0.4) is 0 Å². The maximum Gasteiger partial charge on any atom is 0.472 e. The topological polar surface area (TPSA) is 237 Å². The highest BCUT2D eigenvalue weighted by Crippen LogP contribution is 2.45. The van der Waals surface area contributed by atoms with Gasteiger partial charge in [0.15, 0.2) is 12.2 Å². The molecule has 94 heavy (non-hydrogen) atoms. The summed E-state index contributed by atoms with van der Waals surface area (Å²) < 4.78 is 68.4. The second-order valence-corrected chi connectivity index (χ2v) is 29.5. The summed E-state index contributed by atoms with van der Waals surface area (Å²) in [5.41, 5.74) is 0. The smallest absolute Gasteiger partial charge is 0.462 e. The molecule has 0 amide bonds. The normalized spacial score (nSPS) is 14.4. The minimum absolute atomic E-state index is 0.101. The van der Waals surface area contributed by atoms with E-state index < -0.39 is 97.5 Å². The summed E-state index contributed by atoms with van der Waals surface area (Å²) in [5, 5.41) is 10.6. The average molecular weight is 1380 g/mol. The molecule has 0 fully saturated rings. The third-order valence-electron chi connectivity index (χ3n) is 17.3. The van der Waals surface area contributed by atoms with E-state index in [1.165, 1.54) is 173 Å². The molecule has 0 saturated heterocycles. The van der Waals surface area contributed by atoms with Gasteiger partial charge in [-0.15, -0.1) is 0 Å². The number of carbonyl (C=O) groups is 4. The molecule has 19 heteroatoms. The lowest BCUT2D eigenvalue weighted by Gasteiger charge is -2.21. The van der Waals surface area contributed by atoms with Gasteiger partial charge in [-0.3, -0.25) is 37.3 Å². The van der Waals surface area contributed by atoms with E-state index in [0.29, 0.717) is 25.7 Å². The van der Waals surface area contributed by atoms with Crippen LogP contribution in [0.15, 0.2) is 24.3 Å². The van der Waals surface area contributed by atoms with E-state index >= 15 is 0 Å². The number of carbonyl (C=O) groups excluding carboxylic acids is 4. The van der Waals surface area contributed by atoms with Crippen molar-refractivity contribution in [2.45, 2.75) is 387 Å². The molecule has 554 valence electrons. The van der Waals surface area contributed by atoms with Crippen molar-refractivity contribution in [1.29, 1.82) is 0 Å². The van der Waals surface area contributed by atoms with E-state index in [1.807, 2.05) is 0 Å². The molecule has 0 aliphatic rings. The second kappa shape index (κ2) is 67.7. The number of hydrogen-bond acceptors (Lipinski definition) is 15. The van der Waals surface area contributed by atoms with Gasteiger partial charge in [0.25, 0.3) is 0 Å². The van der Waals surface area contributed by atoms with Crippen LogP contribution in [-0.2, 0) is 65.4 Å². The predicted molar refractivity (Wildman–Crippen MR) is 381 cm³/mol.